The Morgan fingerprint density at radius 3 is 2.40 bits per heavy atom. The average molecular weight is 353 g/mol. The van der Waals surface area contributed by atoms with Crippen molar-refractivity contribution in [1.29, 1.82) is 0 Å². The summed E-state index contributed by atoms with van der Waals surface area (Å²) in [5.74, 6) is -2.45. The first-order valence-electron chi connectivity index (χ1n) is 7.25. The van der Waals surface area contributed by atoms with Crippen molar-refractivity contribution in [2.45, 2.75) is 12.8 Å². The van der Waals surface area contributed by atoms with E-state index in [-0.39, 0.29) is 29.8 Å². The van der Waals surface area contributed by atoms with E-state index in [0.717, 1.165) is 18.2 Å². The van der Waals surface area contributed by atoms with E-state index >= 15 is 0 Å². The highest BCUT2D eigenvalue weighted by molar-refractivity contribution is 6.43. The fraction of sp³-hybridized carbons (Fsp3) is 0.176. The molecule has 1 heterocycles. The van der Waals surface area contributed by atoms with E-state index in [2.05, 4.69) is 4.74 Å². The minimum absolute atomic E-state index is 0.0366. The average Bonchev–Trinajstić information content (AvgIpc) is 2.86. The van der Waals surface area contributed by atoms with Crippen molar-refractivity contribution in [1.82, 2.24) is 0 Å². The van der Waals surface area contributed by atoms with Crippen molar-refractivity contribution in [3.05, 3.63) is 48.3 Å². The fourth-order valence-corrected chi connectivity index (χ4v) is 2.60. The summed E-state index contributed by atoms with van der Waals surface area (Å²) in [6.07, 6.45) is -4.89. The molecule has 0 radical (unpaired) electrons. The third-order valence-corrected chi connectivity index (χ3v) is 3.68. The molecule has 1 aliphatic heterocycles. The number of carbonyl (C=O) groups is 2. The molecule has 0 N–H and O–H groups in total. The van der Waals surface area contributed by atoms with E-state index in [4.69, 9.17) is 0 Å². The van der Waals surface area contributed by atoms with Gasteiger partial charge in [0.2, 0.25) is 5.78 Å². The molecular weight excluding hydrogens is 342 g/mol. The van der Waals surface area contributed by atoms with Crippen molar-refractivity contribution < 1.29 is 31.9 Å². The lowest BCUT2D eigenvalue weighted by atomic mass is 10.0. The van der Waals surface area contributed by atoms with Crippen molar-refractivity contribution in [2.75, 3.05) is 11.4 Å². The Labute approximate surface area is 139 Å². The maximum atomic E-state index is 13.5. The van der Waals surface area contributed by atoms with Gasteiger partial charge in [-0.05, 0) is 35.9 Å². The predicted molar refractivity (Wildman–Crippen MR) is 80.5 cm³/mol. The molecule has 0 aliphatic carbocycles. The van der Waals surface area contributed by atoms with Gasteiger partial charge in [-0.15, -0.1) is 13.2 Å². The standard InChI is InChI=1S/C17H11F4NO3/c18-11-3-1-2-10(8-11)13-9-12(22-7-6-14(23)16(22)24)4-5-15(13)25-17(19,20)21/h1-5,8-9H,6-7H2. The maximum Gasteiger partial charge on any atom is 0.573 e. The van der Waals surface area contributed by atoms with Gasteiger partial charge < -0.3 is 9.64 Å². The summed E-state index contributed by atoms with van der Waals surface area (Å²) in [5, 5.41) is 0. The van der Waals surface area contributed by atoms with Crippen LogP contribution in [0, 0.1) is 5.82 Å². The molecule has 3 rings (SSSR count). The smallest absolute Gasteiger partial charge is 0.405 e. The van der Waals surface area contributed by atoms with Crippen LogP contribution >= 0.6 is 0 Å². The van der Waals surface area contributed by atoms with E-state index in [1.165, 1.54) is 29.2 Å². The van der Waals surface area contributed by atoms with Crippen LogP contribution in [0.15, 0.2) is 42.5 Å². The summed E-state index contributed by atoms with van der Waals surface area (Å²) in [6, 6.07) is 8.53. The fourth-order valence-electron chi connectivity index (χ4n) is 2.60. The Balaban J connectivity index is 2.09. The maximum absolute atomic E-state index is 13.5. The number of alkyl halides is 3. The van der Waals surface area contributed by atoms with Gasteiger partial charge in [0, 0.05) is 24.2 Å². The van der Waals surface area contributed by atoms with E-state index in [0.29, 0.717) is 0 Å². The molecule has 0 unspecified atom stereocenters. The van der Waals surface area contributed by atoms with Crippen LogP contribution in [0.25, 0.3) is 11.1 Å². The number of halogens is 4. The summed E-state index contributed by atoms with van der Waals surface area (Å²) in [6.45, 7) is 0.139. The molecule has 2 aromatic rings. The topological polar surface area (TPSA) is 46.6 Å². The highest BCUT2D eigenvalue weighted by atomic mass is 19.4. The molecule has 4 nitrogen and oxygen atoms in total. The van der Waals surface area contributed by atoms with Crippen LogP contribution in [0.4, 0.5) is 23.2 Å². The molecule has 0 aromatic heterocycles. The Morgan fingerprint density at radius 1 is 1.04 bits per heavy atom. The second kappa shape index (κ2) is 6.19. The van der Waals surface area contributed by atoms with Gasteiger partial charge in [0.15, 0.2) is 0 Å². The number of carbonyl (C=O) groups excluding carboxylic acids is 2. The lowest BCUT2D eigenvalue weighted by molar-refractivity contribution is -0.274. The monoisotopic (exact) mass is 353 g/mol. The van der Waals surface area contributed by atoms with Gasteiger partial charge in [0.25, 0.3) is 5.91 Å². The number of benzene rings is 2. The summed E-state index contributed by atoms with van der Waals surface area (Å²) in [7, 11) is 0. The molecular formula is C17H11F4NO3. The third kappa shape index (κ3) is 3.62. The number of anilines is 1. The van der Waals surface area contributed by atoms with Crippen molar-refractivity contribution in [2.24, 2.45) is 0 Å². The van der Waals surface area contributed by atoms with Gasteiger partial charge in [0.05, 0.1) is 0 Å². The van der Waals surface area contributed by atoms with Gasteiger partial charge in [-0.2, -0.15) is 0 Å². The van der Waals surface area contributed by atoms with Gasteiger partial charge >= 0.3 is 6.36 Å². The first kappa shape index (κ1) is 16.9. The van der Waals surface area contributed by atoms with Crippen LogP contribution in [0.3, 0.4) is 0 Å². The molecule has 0 spiro atoms. The zero-order valence-electron chi connectivity index (χ0n) is 12.6. The highest BCUT2D eigenvalue weighted by Crippen LogP contribution is 2.37. The Bertz CT molecular complexity index is 848. The molecule has 2 aromatic carbocycles. The number of ketones is 1. The Morgan fingerprint density at radius 2 is 1.80 bits per heavy atom. The zero-order chi connectivity index (χ0) is 18.2. The molecule has 130 valence electrons. The molecule has 1 aliphatic rings. The lowest BCUT2D eigenvalue weighted by Crippen LogP contribution is -2.27. The number of nitrogens with zero attached hydrogens (tertiary/aromatic N) is 1. The molecule has 1 amide bonds. The van der Waals surface area contributed by atoms with Gasteiger partial charge in [-0.3, -0.25) is 9.59 Å². The van der Waals surface area contributed by atoms with Crippen LogP contribution in [0.2, 0.25) is 0 Å². The van der Waals surface area contributed by atoms with Gasteiger partial charge in [-0.1, -0.05) is 12.1 Å². The lowest BCUT2D eigenvalue weighted by Gasteiger charge is -2.19. The van der Waals surface area contributed by atoms with Crippen LogP contribution in [-0.4, -0.2) is 24.6 Å². The number of rotatable bonds is 3. The minimum atomic E-state index is -4.93. The van der Waals surface area contributed by atoms with Crippen LogP contribution in [-0.2, 0) is 9.59 Å². The van der Waals surface area contributed by atoms with E-state index in [1.807, 2.05) is 0 Å². The van der Waals surface area contributed by atoms with Gasteiger partial charge in [0.1, 0.15) is 11.6 Å². The van der Waals surface area contributed by atoms with E-state index in [1.54, 1.807) is 0 Å². The van der Waals surface area contributed by atoms with Crippen molar-refractivity contribution >= 4 is 17.4 Å². The SMILES string of the molecule is O=C1CCN(c2ccc(OC(F)(F)F)c(-c3cccc(F)c3)c2)C1=O. The molecule has 1 fully saturated rings. The number of Topliss-reactive ketones (excluding diaryl/α,β-unsaturated/α-hetero) is 1. The number of ether oxygens (including phenoxy) is 1. The molecule has 0 bridgehead atoms. The summed E-state index contributed by atoms with van der Waals surface area (Å²) in [5.41, 5.74) is 0.352. The molecule has 8 heteroatoms. The largest absolute Gasteiger partial charge is 0.573 e. The third-order valence-electron chi connectivity index (χ3n) is 3.68. The second-order valence-corrected chi connectivity index (χ2v) is 5.37. The van der Waals surface area contributed by atoms with Crippen LogP contribution in [0.5, 0.6) is 5.75 Å². The first-order valence-corrected chi connectivity index (χ1v) is 7.25. The second-order valence-electron chi connectivity index (χ2n) is 5.37. The van der Waals surface area contributed by atoms with Crippen molar-refractivity contribution in [3.8, 4) is 16.9 Å². The summed E-state index contributed by atoms with van der Waals surface area (Å²) < 4.78 is 55.3. The molecule has 25 heavy (non-hydrogen) atoms. The quantitative estimate of drug-likeness (QED) is 0.624. The Hall–Kier alpha value is -2.90. The molecule has 0 atom stereocenters. The van der Waals surface area contributed by atoms with Gasteiger partial charge in [-0.25, -0.2) is 4.39 Å². The first-order chi connectivity index (χ1) is 11.7. The number of hydrogen-bond acceptors (Lipinski definition) is 3. The van der Waals surface area contributed by atoms with Crippen LogP contribution < -0.4 is 9.64 Å². The number of hydrogen-bond donors (Lipinski definition) is 0. The minimum Gasteiger partial charge on any atom is -0.405 e. The zero-order valence-corrected chi connectivity index (χ0v) is 12.6. The highest BCUT2D eigenvalue weighted by Gasteiger charge is 2.34. The number of amides is 1. The van der Waals surface area contributed by atoms with E-state index in [9.17, 15) is 27.2 Å². The predicted octanol–water partition coefficient (Wildman–Crippen LogP) is 3.70. The summed E-state index contributed by atoms with van der Waals surface area (Å²) in [4.78, 5) is 24.4. The normalized spacial score (nSPS) is 15.0. The molecule has 0 saturated carbocycles. The molecule has 1 saturated heterocycles. The van der Waals surface area contributed by atoms with Crippen LogP contribution in [0.1, 0.15) is 6.42 Å². The van der Waals surface area contributed by atoms with E-state index < -0.39 is 29.6 Å². The summed E-state index contributed by atoms with van der Waals surface area (Å²) >= 11 is 0. The van der Waals surface area contributed by atoms with Crippen molar-refractivity contribution in [3.63, 3.8) is 0 Å². The Kier molecular flexibility index (Phi) is 4.20.